The van der Waals surface area contributed by atoms with Crippen LogP contribution in [0.5, 0.6) is 5.88 Å². The SMILES string of the molecule is O=S(=O)(Nc1nccnc1OCCc1ccccc1)c1ccc(Br)cc1. The van der Waals surface area contributed by atoms with E-state index in [0.29, 0.717) is 13.0 Å². The van der Waals surface area contributed by atoms with Crippen molar-refractivity contribution in [3.63, 3.8) is 0 Å². The molecule has 1 N–H and O–H groups in total. The minimum atomic E-state index is -3.78. The molecule has 26 heavy (non-hydrogen) atoms. The van der Waals surface area contributed by atoms with Crippen LogP contribution >= 0.6 is 15.9 Å². The number of ether oxygens (including phenoxy) is 1. The van der Waals surface area contributed by atoms with Crippen molar-refractivity contribution in [1.82, 2.24) is 9.97 Å². The van der Waals surface area contributed by atoms with Gasteiger partial charge in [-0.05, 0) is 29.8 Å². The molecule has 0 radical (unpaired) electrons. The summed E-state index contributed by atoms with van der Waals surface area (Å²) in [7, 11) is -3.78. The molecule has 3 rings (SSSR count). The molecule has 0 aliphatic heterocycles. The molecule has 0 aliphatic carbocycles. The van der Waals surface area contributed by atoms with Crippen LogP contribution in [-0.2, 0) is 16.4 Å². The fraction of sp³-hybridized carbons (Fsp3) is 0.111. The van der Waals surface area contributed by atoms with Crippen LogP contribution in [0.3, 0.4) is 0 Å². The van der Waals surface area contributed by atoms with Gasteiger partial charge in [-0.1, -0.05) is 46.3 Å². The summed E-state index contributed by atoms with van der Waals surface area (Å²) in [5.74, 6) is 0.201. The van der Waals surface area contributed by atoms with Gasteiger partial charge in [0.1, 0.15) is 0 Å². The van der Waals surface area contributed by atoms with Crippen LogP contribution in [0, 0.1) is 0 Å². The lowest BCUT2D eigenvalue weighted by Crippen LogP contribution is -2.16. The van der Waals surface area contributed by atoms with Crippen molar-refractivity contribution in [2.45, 2.75) is 11.3 Å². The first-order chi connectivity index (χ1) is 12.5. The van der Waals surface area contributed by atoms with Crippen LogP contribution in [0.4, 0.5) is 5.82 Å². The van der Waals surface area contributed by atoms with Crippen LogP contribution < -0.4 is 9.46 Å². The average Bonchev–Trinajstić information content (AvgIpc) is 2.64. The summed E-state index contributed by atoms with van der Waals surface area (Å²) in [6, 6.07) is 16.2. The van der Waals surface area contributed by atoms with Crippen molar-refractivity contribution in [2.24, 2.45) is 0 Å². The topological polar surface area (TPSA) is 81.2 Å². The quantitative estimate of drug-likeness (QED) is 0.614. The lowest BCUT2D eigenvalue weighted by molar-refractivity contribution is 0.310. The van der Waals surface area contributed by atoms with Gasteiger partial charge in [0.15, 0.2) is 0 Å². The van der Waals surface area contributed by atoms with E-state index in [-0.39, 0.29) is 16.6 Å². The molecule has 0 fully saturated rings. The second kappa shape index (κ2) is 8.29. The van der Waals surface area contributed by atoms with E-state index in [2.05, 4.69) is 30.6 Å². The lowest BCUT2D eigenvalue weighted by atomic mass is 10.2. The predicted octanol–water partition coefficient (Wildman–Crippen LogP) is 3.66. The average molecular weight is 434 g/mol. The minimum absolute atomic E-state index is 0.0588. The summed E-state index contributed by atoms with van der Waals surface area (Å²) < 4.78 is 33.9. The first-order valence-corrected chi connectivity index (χ1v) is 10.1. The summed E-state index contributed by atoms with van der Waals surface area (Å²) >= 11 is 3.28. The molecule has 0 saturated heterocycles. The van der Waals surface area contributed by atoms with E-state index < -0.39 is 10.0 Å². The molecule has 0 saturated carbocycles. The van der Waals surface area contributed by atoms with Crippen LogP contribution in [0.15, 0.2) is 76.4 Å². The Bertz CT molecular complexity index is 964. The summed E-state index contributed by atoms with van der Waals surface area (Å²) in [5.41, 5.74) is 1.12. The van der Waals surface area contributed by atoms with Gasteiger partial charge in [-0.2, -0.15) is 0 Å². The minimum Gasteiger partial charge on any atom is -0.475 e. The van der Waals surface area contributed by atoms with E-state index in [1.165, 1.54) is 24.5 Å². The Kier molecular flexibility index (Phi) is 5.85. The van der Waals surface area contributed by atoms with Gasteiger partial charge in [-0.3, -0.25) is 4.72 Å². The van der Waals surface area contributed by atoms with Gasteiger partial charge in [-0.25, -0.2) is 18.4 Å². The van der Waals surface area contributed by atoms with Gasteiger partial charge in [0.25, 0.3) is 15.9 Å². The Labute approximate surface area is 160 Å². The summed E-state index contributed by atoms with van der Waals surface area (Å²) in [5, 5.41) is 0. The maximum Gasteiger partial charge on any atom is 0.263 e. The number of nitrogens with one attached hydrogen (secondary N) is 1. The summed E-state index contributed by atoms with van der Waals surface area (Å²) in [4.78, 5) is 8.25. The molecule has 8 heteroatoms. The highest BCUT2D eigenvalue weighted by Crippen LogP contribution is 2.23. The molecule has 3 aromatic rings. The van der Waals surface area contributed by atoms with Crippen molar-refractivity contribution in [1.29, 1.82) is 0 Å². The first-order valence-electron chi connectivity index (χ1n) is 7.81. The Hall–Kier alpha value is -2.45. The van der Waals surface area contributed by atoms with Crippen LogP contribution in [0.1, 0.15) is 5.56 Å². The number of halogens is 1. The van der Waals surface area contributed by atoms with Crippen molar-refractivity contribution in [3.05, 3.63) is 77.0 Å². The first kappa shape index (κ1) is 18.3. The molecule has 0 spiro atoms. The number of rotatable bonds is 7. The number of nitrogens with zero attached hydrogens (tertiary/aromatic N) is 2. The second-order valence-electron chi connectivity index (χ2n) is 5.35. The Morgan fingerprint density at radius 2 is 1.65 bits per heavy atom. The van der Waals surface area contributed by atoms with Gasteiger partial charge >= 0.3 is 0 Å². The number of aromatic nitrogens is 2. The molecular weight excluding hydrogens is 418 g/mol. The molecular formula is C18H16BrN3O3S. The number of sulfonamides is 1. The normalized spacial score (nSPS) is 11.1. The van der Waals surface area contributed by atoms with E-state index in [0.717, 1.165) is 10.0 Å². The molecule has 0 bridgehead atoms. The fourth-order valence-electron chi connectivity index (χ4n) is 2.21. The number of hydrogen-bond acceptors (Lipinski definition) is 5. The standard InChI is InChI=1S/C18H16BrN3O3S/c19-15-6-8-16(9-7-15)26(23,24)22-17-18(21-12-11-20-17)25-13-10-14-4-2-1-3-5-14/h1-9,11-12H,10,13H2,(H,20,22). The summed E-state index contributed by atoms with van der Waals surface area (Å²) in [6.07, 6.45) is 3.54. The van der Waals surface area contributed by atoms with E-state index in [1.54, 1.807) is 12.1 Å². The van der Waals surface area contributed by atoms with Gasteiger partial charge in [0, 0.05) is 23.3 Å². The Morgan fingerprint density at radius 3 is 2.38 bits per heavy atom. The van der Waals surface area contributed by atoms with Gasteiger partial charge < -0.3 is 4.74 Å². The third-order valence-electron chi connectivity index (χ3n) is 3.49. The van der Waals surface area contributed by atoms with Crippen LogP contribution in [0.25, 0.3) is 0 Å². The Morgan fingerprint density at radius 1 is 0.962 bits per heavy atom. The highest BCUT2D eigenvalue weighted by molar-refractivity contribution is 9.10. The highest BCUT2D eigenvalue weighted by atomic mass is 79.9. The molecule has 2 aromatic carbocycles. The number of anilines is 1. The molecule has 0 amide bonds. The molecule has 134 valence electrons. The van der Waals surface area contributed by atoms with Crippen molar-refractivity contribution in [3.8, 4) is 5.88 Å². The van der Waals surface area contributed by atoms with Gasteiger partial charge in [0.2, 0.25) is 5.82 Å². The van der Waals surface area contributed by atoms with Crippen molar-refractivity contribution >= 4 is 31.8 Å². The van der Waals surface area contributed by atoms with Crippen molar-refractivity contribution < 1.29 is 13.2 Å². The zero-order chi connectivity index (χ0) is 18.4. The molecule has 6 nitrogen and oxygen atoms in total. The third kappa shape index (κ3) is 4.80. The van der Waals surface area contributed by atoms with Crippen LogP contribution in [-0.4, -0.2) is 25.0 Å². The zero-order valence-electron chi connectivity index (χ0n) is 13.7. The monoisotopic (exact) mass is 433 g/mol. The number of benzene rings is 2. The molecule has 1 aromatic heterocycles. The van der Waals surface area contributed by atoms with Crippen molar-refractivity contribution in [2.75, 3.05) is 11.3 Å². The smallest absolute Gasteiger partial charge is 0.263 e. The Balaban J connectivity index is 1.71. The van der Waals surface area contributed by atoms with E-state index in [9.17, 15) is 8.42 Å². The maximum absolute atomic E-state index is 12.5. The molecule has 0 unspecified atom stereocenters. The van der Waals surface area contributed by atoms with E-state index >= 15 is 0 Å². The second-order valence-corrected chi connectivity index (χ2v) is 7.95. The largest absolute Gasteiger partial charge is 0.475 e. The fourth-order valence-corrected chi connectivity index (χ4v) is 3.48. The molecule has 0 aliphatic rings. The predicted molar refractivity (Wildman–Crippen MR) is 103 cm³/mol. The van der Waals surface area contributed by atoms with E-state index in [4.69, 9.17) is 4.74 Å². The number of hydrogen-bond donors (Lipinski definition) is 1. The van der Waals surface area contributed by atoms with Gasteiger partial charge in [0.05, 0.1) is 11.5 Å². The maximum atomic E-state index is 12.5. The van der Waals surface area contributed by atoms with Gasteiger partial charge in [-0.15, -0.1) is 0 Å². The summed E-state index contributed by atoms with van der Waals surface area (Å²) in [6.45, 7) is 0.357. The van der Waals surface area contributed by atoms with Crippen LogP contribution in [0.2, 0.25) is 0 Å². The third-order valence-corrected chi connectivity index (χ3v) is 5.38. The lowest BCUT2D eigenvalue weighted by Gasteiger charge is -2.11. The zero-order valence-corrected chi connectivity index (χ0v) is 16.1. The molecule has 0 atom stereocenters. The van der Waals surface area contributed by atoms with E-state index in [1.807, 2.05) is 30.3 Å². The molecule has 1 heterocycles. The highest BCUT2D eigenvalue weighted by Gasteiger charge is 2.18.